The maximum absolute atomic E-state index is 12.3. The number of nitrogens with zero attached hydrogens (tertiary/aromatic N) is 2. The quantitative estimate of drug-likeness (QED) is 0.865. The van der Waals surface area contributed by atoms with E-state index in [9.17, 15) is 13.2 Å². The SMILES string of the molecule is FC(F)(F)c1nnc(NC2CCCC2CCl)s1. The van der Waals surface area contributed by atoms with Gasteiger partial charge in [-0.2, -0.15) is 13.2 Å². The second-order valence-corrected chi connectivity index (χ2v) is 5.29. The molecule has 8 heteroatoms. The third kappa shape index (κ3) is 3.01. The Hall–Kier alpha value is -0.560. The lowest BCUT2D eigenvalue weighted by Crippen LogP contribution is -2.24. The van der Waals surface area contributed by atoms with E-state index in [-0.39, 0.29) is 11.2 Å². The molecular formula is C9H11ClF3N3S. The van der Waals surface area contributed by atoms with Crippen LogP contribution >= 0.6 is 22.9 Å². The minimum absolute atomic E-state index is 0.113. The second kappa shape index (κ2) is 4.97. The minimum Gasteiger partial charge on any atom is -0.357 e. The minimum atomic E-state index is -4.42. The van der Waals surface area contributed by atoms with Crippen LogP contribution in [0.5, 0.6) is 0 Å². The van der Waals surface area contributed by atoms with Crippen LogP contribution in [0.15, 0.2) is 0 Å². The normalized spacial score (nSPS) is 25.2. The first-order valence-corrected chi connectivity index (χ1v) is 6.59. The van der Waals surface area contributed by atoms with Crippen molar-refractivity contribution in [2.45, 2.75) is 31.5 Å². The monoisotopic (exact) mass is 285 g/mol. The molecule has 2 rings (SSSR count). The fourth-order valence-corrected chi connectivity index (χ4v) is 3.01. The number of hydrogen-bond donors (Lipinski definition) is 1. The Kier molecular flexibility index (Phi) is 3.77. The van der Waals surface area contributed by atoms with Crippen molar-refractivity contribution in [1.82, 2.24) is 10.2 Å². The fraction of sp³-hybridized carbons (Fsp3) is 0.778. The van der Waals surface area contributed by atoms with E-state index in [4.69, 9.17) is 11.6 Å². The maximum atomic E-state index is 12.3. The Bertz CT molecular complexity index is 382. The Morgan fingerprint density at radius 1 is 1.35 bits per heavy atom. The Balaban J connectivity index is 2.02. The van der Waals surface area contributed by atoms with E-state index in [0.717, 1.165) is 19.3 Å². The first kappa shape index (κ1) is 12.9. The standard InChI is InChI=1S/C9H11ClF3N3S/c10-4-5-2-1-3-6(5)14-8-16-15-7(17-8)9(11,12)13/h5-6H,1-4H2,(H,14,16). The number of hydrogen-bond acceptors (Lipinski definition) is 4. The second-order valence-electron chi connectivity index (χ2n) is 4.01. The van der Waals surface area contributed by atoms with Gasteiger partial charge >= 0.3 is 6.18 Å². The van der Waals surface area contributed by atoms with E-state index < -0.39 is 11.2 Å². The molecule has 1 fully saturated rings. The van der Waals surface area contributed by atoms with Gasteiger partial charge in [0.1, 0.15) is 0 Å². The largest absolute Gasteiger partial charge is 0.445 e. The number of anilines is 1. The van der Waals surface area contributed by atoms with Gasteiger partial charge in [0.15, 0.2) is 0 Å². The zero-order valence-electron chi connectivity index (χ0n) is 8.80. The van der Waals surface area contributed by atoms with Crippen LogP contribution in [0.1, 0.15) is 24.3 Å². The van der Waals surface area contributed by atoms with Gasteiger partial charge in [-0.1, -0.05) is 17.8 Å². The van der Waals surface area contributed by atoms with E-state index in [0.29, 0.717) is 23.1 Å². The molecule has 2 unspecified atom stereocenters. The number of nitrogens with one attached hydrogen (secondary N) is 1. The van der Waals surface area contributed by atoms with Gasteiger partial charge in [0.2, 0.25) is 10.1 Å². The van der Waals surface area contributed by atoms with Crippen LogP contribution < -0.4 is 5.32 Å². The van der Waals surface area contributed by atoms with E-state index in [1.165, 1.54) is 0 Å². The molecule has 0 aliphatic heterocycles. The average Bonchev–Trinajstić information content (AvgIpc) is 2.86. The Morgan fingerprint density at radius 3 is 2.71 bits per heavy atom. The molecule has 0 amide bonds. The molecule has 2 atom stereocenters. The van der Waals surface area contributed by atoms with Crippen molar-refractivity contribution in [1.29, 1.82) is 0 Å². The molecule has 0 spiro atoms. The number of aromatic nitrogens is 2. The van der Waals surface area contributed by atoms with E-state index in [1.807, 2.05) is 0 Å². The highest BCUT2D eigenvalue weighted by molar-refractivity contribution is 7.15. The van der Waals surface area contributed by atoms with Gasteiger partial charge in [-0.05, 0) is 18.8 Å². The predicted octanol–water partition coefficient (Wildman–Crippen LogP) is 3.38. The summed E-state index contributed by atoms with van der Waals surface area (Å²) in [6, 6.07) is 0.113. The van der Waals surface area contributed by atoms with Crippen molar-refractivity contribution in [2.75, 3.05) is 11.2 Å². The lowest BCUT2D eigenvalue weighted by molar-refractivity contribution is -0.138. The summed E-state index contributed by atoms with van der Waals surface area (Å²) in [6.07, 6.45) is -1.45. The van der Waals surface area contributed by atoms with Crippen molar-refractivity contribution in [3.8, 4) is 0 Å². The Labute approximate surface area is 105 Å². The zero-order chi connectivity index (χ0) is 12.5. The number of halogens is 4. The Morgan fingerprint density at radius 2 is 2.12 bits per heavy atom. The van der Waals surface area contributed by atoms with Gasteiger partial charge < -0.3 is 5.32 Å². The van der Waals surface area contributed by atoms with Crippen LogP contribution in [0, 0.1) is 5.92 Å². The molecule has 96 valence electrons. The molecule has 1 aliphatic carbocycles. The van der Waals surface area contributed by atoms with Crippen LogP contribution in [0.4, 0.5) is 18.3 Å². The third-order valence-electron chi connectivity index (χ3n) is 2.83. The summed E-state index contributed by atoms with van der Waals surface area (Å²) in [4.78, 5) is 0. The van der Waals surface area contributed by atoms with Crippen LogP contribution in [-0.2, 0) is 6.18 Å². The van der Waals surface area contributed by atoms with E-state index in [2.05, 4.69) is 15.5 Å². The molecule has 0 radical (unpaired) electrons. The van der Waals surface area contributed by atoms with Gasteiger partial charge in [0, 0.05) is 11.9 Å². The summed E-state index contributed by atoms with van der Waals surface area (Å²) in [6.45, 7) is 0. The molecule has 17 heavy (non-hydrogen) atoms. The molecule has 0 saturated heterocycles. The predicted molar refractivity (Wildman–Crippen MR) is 60.4 cm³/mol. The van der Waals surface area contributed by atoms with Crippen molar-refractivity contribution < 1.29 is 13.2 Å². The van der Waals surface area contributed by atoms with Gasteiger partial charge in [0.25, 0.3) is 0 Å². The molecule has 0 aromatic carbocycles. The van der Waals surface area contributed by atoms with E-state index >= 15 is 0 Å². The highest BCUT2D eigenvalue weighted by atomic mass is 35.5. The summed E-state index contributed by atoms with van der Waals surface area (Å²) >= 11 is 6.33. The summed E-state index contributed by atoms with van der Waals surface area (Å²) < 4.78 is 36.9. The molecule has 1 saturated carbocycles. The van der Waals surface area contributed by atoms with E-state index in [1.54, 1.807) is 0 Å². The summed E-state index contributed by atoms with van der Waals surface area (Å²) in [7, 11) is 0. The van der Waals surface area contributed by atoms with Gasteiger partial charge in [0.05, 0.1) is 0 Å². The summed E-state index contributed by atoms with van der Waals surface area (Å²) in [5, 5.41) is 8.94. The first-order chi connectivity index (χ1) is 8.00. The fourth-order valence-electron chi connectivity index (χ4n) is 1.97. The molecule has 1 aromatic rings. The van der Waals surface area contributed by atoms with Gasteiger partial charge in [-0.15, -0.1) is 21.8 Å². The molecule has 1 aromatic heterocycles. The van der Waals surface area contributed by atoms with Crippen LogP contribution in [0.25, 0.3) is 0 Å². The molecule has 0 bridgehead atoms. The lowest BCUT2D eigenvalue weighted by atomic mass is 10.1. The summed E-state index contributed by atoms with van der Waals surface area (Å²) in [5.74, 6) is 0.817. The molecule has 1 heterocycles. The van der Waals surface area contributed by atoms with Crippen molar-refractivity contribution in [3.05, 3.63) is 5.01 Å². The molecule has 3 nitrogen and oxygen atoms in total. The number of alkyl halides is 4. The van der Waals surface area contributed by atoms with Crippen LogP contribution in [0.3, 0.4) is 0 Å². The molecular weight excluding hydrogens is 275 g/mol. The molecule has 1 aliphatic rings. The van der Waals surface area contributed by atoms with Gasteiger partial charge in [-0.3, -0.25) is 0 Å². The summed E-state index contributed by atoms with van der Waals surface area (Å²) in [5.41, 5.74) is 0. The number of rotatable bonds is 3. The van der Waals surface area contributed by atoms with Crippen molar-refractivity contribution in [3.63, 3.8) is 0 Å². The van der Waals surface area contributed by atoms with Gasteiger partial charge in [-0.25, -0.2) is 0 Å². The third-order valence-corrected chi connectivity index (χ3v) is 4.13. The highest BCUT2D eigenvalue weighted by Gasteiger charge is 2.36. The lowest BCUT2D eigenvalue weighted by Gasteiger charge is -2.17. The first-order valence-electron chi connectivity index (χ1n) is 5.24. The van der Waals surface area contributed by atoms with Crippen molar-refractivity contribution in [2.24, 2.45) is 5.92 Å². The topological polar surface area (TPSA) is 37.8 Å². The maximum Gasteiger partial charge on any atom is 0.445 e. The zero-order valence-corrected chi connectivity index (χ0v) is 10.4. The average molecular weight is 286 g/mol. The smallest absolute Gasteiger partial charge is 0.357 e. The van der Waals surface area contributed by atoms with Crippen LogP contribution in [0.2, 0.25) is 0 Å². The van der Waals surface area contributed by atoms with Crippen molar-refractivity contribution >= 4 is 28.1 Å². The highest BCUT2D eigenvalue weighted by Crippen LogP contribution is 2.35. The van der Waals surface area contributed by atoms with Crippen LogP contribution in [-0.4, -0.2) is 22.1 Å². The molecule has 1 N–H and O–H groups in total.